The van der Waals surface area contributed by atoms with Gasteiger partial charge in [-0.05, 0) is 24.6 Å². The molecule has 0 amide bonds. The fourth-order valence-electron chi connectivity index (χ4n) is 2.04. The third-order valence-electron chi connectivity index (χ3n) is 3.11. The van der Waals surface area contributed by atoms with Crippen molar-refractivity contribution in [2.24, 2.45) is 5.10 Å². The molecular formula is C14H12N6O3. The first-order valence-corrected chi connectivity index (χ1v) is 6.60. The minimum atomic E-state index is -0.742. The molecule has 0 spiro atoms. The Bertz CT molecular complexity index is 984. The van der Waals surface area contributed by atoms with Crippen LogP contribution in [0.4, 0.5) is 0 Å². The Labute approximate surface area is 129 Å². The van der Waals surface area contributed by atoms with Crippen molar-refractivity contribution in [1.29, 1.82) is 0 Å². The van der Waals surface area contributed by atoms with Gasteiger partial charge >= 0.3 is 5.69 Å². The van der Waals surface area contributed by atoms with Gasteiger partial charge < -0.3 is 5.11 Å². The summed E-state index contributed by atoms with van der Waals surface area (Å²) in [5.74, 6) is -0.499. The SMILES string of the molecule is Cc1cccc(-n2c(O)c(C=Nn3cnnc3)c(=O)[nH]c2=O)c1. The predicted octanol–water partition coefficient (Wildman–Crippen LogP) is 0.0135. The number of benzene rings is 1. The lowest BCUT2D eigenvalue weighted by Gasteiger charge is -2.10. The molecular weight excluding hydrogens is 300 g/mol. The van der Waals surface area contributed by atoms with E-state index in [1.165, 1.54) is 17.3 Å². The second-order valence-electron chi connectivity index (χ2n) is 4.76. The molecule has 0 saturated heterocycles. The first kappa shape index (κ1) is 14.4. The summed E-state index contributed by atoms with van der Waals surface area (Å²) in [6.45, 7) is 1.85. The lowest BCUT2D eigenvalue weighted by atomic mass is 10.2. The summed E-state index contributed by atoms with van der Waals surface area (Å²) >= 11 is 0. The molecule has 0 radical (unpaired) electrons. The van der Waals surface area contributed by atoms with Crippen molar-refractivity contribution in [3.05, 3.63) is 68.9 Å². The molecule has 0 saturated carbocycles. The minimum Gasteiger partial charge on any atom is -0.493 e. The average molecular weight is 312 g/mol. The molecule has 0 fully saturated rings. The highest BCUT2D eigenvalue weighted by molar-refractivity contribution is 5.82. The Balaban J connectivity index is 2.17. The van der Waals surface area contributed by atoms with E-state index in [9.17, 15) is 14.7 Å². The number of aromatic amines is 1. The van der Waals surface area contributed by atoms with E-state index >= 15 is 0 Å². The van der Waals surface area contributed by atoms with Crippen molar-refractivity contribution in [1.82, 2.24) is 24.4 Å². The fourth-order valence-corrected chi connectivity index (χ4v) is 2.04. The van der Waals surface area contributed by atoms with Gasteiger partial charge in [0.2, 0.25) is 5.88 Å². The zero-order chi connectivity index (χ0) is 16.4. The molecule has 0 bridgehead atoms. The summed E-state index contributed by atoms with van der Waals surface area (Å²) in [5.41, 5.74) is -0.296. The Kier molecular flexibility index (Phi) is 3.59. The van der Waals surface area contributed by atoms with Gasteiger partial charge in [0.05, 0.1) is 11.9 Å². The Morgan fingerprint density at radius 1 is 1.26 bits per heavy atom. The van der Waals surface area contributed by atoms with Crippen LogP contribution < -0.4 is 11.2 Å². The molecule has 0 aliphatic heterocycles. The molecule has 9 nitrogen and oxygen atoms in total. The van der Waals surface area contributed by atoms with Crippen molar-refractivity contribution in [3.63, 3.8) is 0 Å². The standard InChI is InChI=1S/C14H12N6O3/c1-9-3-2-4-10(5-9)20-13(22)11(12(21)18-14(20)23)6-17-19-7-15-16-8-19/h2-8,22H,1H3,(H,18,21,23). The molecule has 3 aromatic rings. The molecule has 0 atom stereocenters. The average Bonchev–Trinajstić information content (AvgIpc) is 3.00. The lowest BCUT2D eigenvalue weighted by Crippen LogP contribution is -2.31. The van der Waals surface area contributed by atoms with Gasteiger partial charge in [0.25, 0.3) is 5.56 Å². The number of aryl methyl sites for hydroxylation is 1. The molecule has 0 aliphatic carbocycles. The molecule has 0 unspecified atom stereocenters. The molecule has 9 heteroatoms. The summed E-state index contributed by atoms with van der Waals surface area (Å²) in [6.07, 6.45) is 3.76. The van der Waals surface area contributed by atoms with Crippen LogP contribution in [0, 0.1) is 6.92 Å². The van der Waals surface area contributed by atoms with E-state index in [-0.39, 0.29) is 5.56 Å². The zero-order valence-electron chi connectivity index (χ0n) is 12.0. The van der Waals surface area contributed by atoms with Crippen LogP contribution in [0.25, 0.3) is 5.69 Å². The van der Waals surface area contributed by atoms with Crippen LogP contribution >= 0.6 is 0 Å². The van der Waals surface area contributed by atoms with Crippen LogP contribution in [-0.2, 0) is 0 Å². The van der Waals surface area contributed by atoms with Crippen LogP contribution in [-0.4, -0.2) is 35.7 Å². The van der Waals surface area contributed by atoms with Crippen molar-refractivity contribution < 1.29 is 5.11 Å². The zero-order valence-corrected chi connectivity index (χ0v) is 12.0. The van der Waals surface area contributed by atoms with E-state index in [0.717, 1.165) is 16.3 Å². The molecule has 1 aromatic carbocycles. The largest absolute Gasteiger partial charge is 0.493 e. The number of H-pyrrole nitrogens is 1. The number of hydrogen-bond donors (Lipinski definition) is 2. The maximum absolute atomic E-state index is 12.0. The normalized spacial score (nSPS) is 11.2. The van der Waals surface area contributed by atoms with E-state index in [2.05, 4.69) is 20.3 Å². The molecule has 116 valence electrons. The monoisotopic (exact) mass is 312 g/mol. The van der Waals surface area contributed by atoms with Gasteiger partial charge in [-0.3, -0.25) is 9.78 Å². The summed E-state index contributed by atoms with van der Waals surface area (Å²) in [5, 5.41) is 21.4. The molecule has 0 aliphatic rings. The van der Waals surface area contributed by atoms with E-state index in [1.54, 1.807) is 18.2 Å². The maximum Gasteiger partial charge on any atom is 0.335 e. The third-order valence-corrected chi connectivity index (χ3v) is 3.11. The Morgan fingerprint density at radius 2 is 2.00 bits per heavy atom. The number of nitrogens with zero attached hydrogens (tertiary/aromatic N) is 5. The minimum absolute atomic E-state index is 0.153. The second-order valence-corrected chi connectivity index (χ2v) is 4.76. The summed E-state index contributed by atoms with van der Waals surface area (Å²) < 4.78 is 2.25. The predicted molar refractivity (Wildman–Crippen MR) is 82.1 cm³/mol. The van der Waals surface area contributed by atoms with E-state index in [1.807, 2.05) is 13.0 Å². The highest BCUT2D eigenvalue weighted by Gasteiger charge is 2.14. The number of aromatic nitrogens is 5. The number of nitrogens with one attached hydrogen (secondary N) is 1. The van der Waals surface area contributed by atoms with Gasteiger partial charge in [-0.15, -0.1) is 10.2 Å². The van der Waals surface area contributed by atoms with Crippen LogP contribution in [0.3, 0.4) is 0 Å². The van der Waals surface area contributed by atoms with Gasteiger partial charge in [0.15, 0.2) is 0 Å². The summed E-state index contributed by atoms with van der Waals surface area (Å²) in [4.78, 5) is 26.1. The van der Waals surface area contributed by atoms with Gasteiger partial charge in [-0.2, -0.15) is 5.10 Å². The molecule has 3 rings (SSSR count). The fraction of sp³-hybridized carbons (Fsp3) is 0.0714. The quantitative estimate of drug-likeness (QED) is 0.661. The summed E-state index contributed by atoms with van der Waals surface area (Å²) in [6, 6.07) is 6.95. The highest BCUT2D eigenvalue weighted by atomic mass is 16.3. The van der Waals surface area contributed by atoms with Crippen molar-refractivity contribution in [3.8, 4) is 11.6 Å². The van der Waals surface area contributed by atoms with Crippen molar-refractivity contribution in [2.45, 2.75) is 6.92 Å². The second kappa shape index (κ2) is 5.72. The Morgan fingerprint density at radius 3 is 2.70 bits per heavy atom. The van der Waals surface area contributed by atoms with Crippen LogP contribution in [0.5, 0.6) is 5.88 Å². The maximum atomic E-state index is 12.0. The van der Waals surface area contributed by atoms with Crippen molar-refractivity contribution in [2.75, 3.05) is 0 Å². The van der Waals surface area contributed by atoms with E-state index in [0.29, 0.717) is 5.69 Å². The van der Waals surface area contributed by atoms with Gasteiger partial charge in [0.1, 0.15) is 18.2 Å². The lowest BCUT2D eigenvalue weighted by molar-refractivity contribution is 0.430. The number of rotatable bonds is 3. The number of aromatic hydroxyl groups is 1. The first-order chi connectivity index (χ1) is 11.1. The molecule has 2 aromatic heterocycles. The Hall–Kier alpha value is -3.49. The third kappa shape index (κ3) is 2.79. The van der Waals surface area contributed by atoms with Gasteiger partial charge in [-0.25, -0.2) is 14.0 Å². The van der Waals surface area contributed by atoms with Gasteiger partial charge in [0, 0.05) is 0 Å². The molecule has 2 N–H and O–H groups in total. The highest BCUT2D eigenvalue weighted by Crippen LogP contribution is 2.16. The topological polar surface area (TPSA) is 118 Å². The molecule has 23 heavy (non-hydrogen) atoms. The first-order valence-electron chi connectivity index (χ1n) is 6.60. The van der Waals surface area contributed by atoms with Crippen LogP contribution in [0.15, 0.2) is 51.6 Å². The van der Waals surface area contributed by atoms with E-state index < -0.39 is 17.1 Å². The van der Waals surface area contributed by atoms with Crippen molar-refractivity contribution >= 4 is 6.21 Å². The number of hydrogen-bond acceptors (Lipinski definition) is 6. The smallest absolute Gasteiger partial charge is 0.335 e. The van der Waals surface area contributed by atoms with Gasteiger partial charge in [-0.1, -0.05) is 12.1 Å². The molecule has 2 heterocycles. The van der Waals surface area contributed by atoms with Crippen LogP contribution in [0.1, 0.15) is 11.1 Å². The van der Waals surface area contributed by atoms with E-state index in [4.69, 9.17) is 0 Å². The van der Waals surface area contributed by atoms with Crippen LogP contribution in [0.2, 0.25) is 0 Å². The summed E-state index contributed by atoms with van der Waals surface area (Å²) in [7, 11) is 0.